The lowest BCUT2D eigenvalue weighted by atomic mass is 9.86. The standard InChI is InChI=1S/C26H34FN3O/c1-6-19-11-26(31)25(27)14-24(19)21-8-7-20(16(2)9-21)10-17(3)29-18(4)15-30(5)23-12-22(28)13-23/h7-9,11,14,22-23,31H,4,6,10,12-13,15,28H2,1-3,5H3/b29-17+. The number of benzene rings is 2. The topological polar surface area (TPSA) is 61.8 Å². The number of aromatic hydroxyl groups is 1. The summed E-state index contributed by atoms with van der Waals surface area (Å²) < 4.78 is 14.0. The third-order valence-corrected chi connectivity index (χ3v) is 6.21. The average Bonchev–Trinajstić information content (AvgIpc) is 2.68. The summed E-state index contributed by atoms with van der Waals surface area (Å²) >= 11 is 0. The summed E-state index contributed by atoms with van der Waals surface area (Å²) in [4.78, 5) is 7.00. The molecule has 1 aliphatic rings. The van der Waals surface area contributed by atoms with E-state index in [1.54, 1.807) is 0 Å². The zero-order valence-electron chi connectivity index (χ0n) is 19.1. The van der Waals surface area contributed by atoms with Crippen LogP contribution in [0.2, 0.25) is 0 Å². The highest BCUT2D eigenvalue weighted by Crippen LogP contribution is 2.31. The third kappa shape index (κ3) is 5.60. The third-order valence-electron chi connectivity index (χ3n) is 6.21. The fraction of sp³-hybridized carbons (Fsp3) is 0.423. The van der Waals surface area contributed by atoms with Gasteiger partial charge in [0.15, 0.2) is 11.6 Å². The number of aryl methyl sites for hydroxylation is 2. The first-order valence-electron chi connectivity index (χ1n) is 11.0. The zero-order valence-corrected chi connectivity index (χ0v) is 19.1. The van der Waals surface area contributed by atoms with Crippen LogP contribution in [0.25, 0.3) is 11.1 Å². The van der Waals surface area contributed by atoms with Gasteiger partial charge in [0.05, 0.1) is 0 Å². The highest BCUT2D eigenvalue weighted by atomic mass is 19.1. The van der Waals surface area contributed by atoms with Crippen molar-refractivity contribution >= 4 is 5.71 Å². The lowest BCUT2D eigenvalue weighted by molar-refractivity contribution is 0.149. The van der Waals surface area contributed by atoms with Gasteiger partial charge in [0.25, 0.3) is 0 Å². The molecule has 0 saturated heterocycles. The minimum Gasteiger partial charge on any atom is -0.505 e. The van der Waals surface area contributed by atoms with Gasteiger partial charge in [-0.05, 0) is 80.1 Å². The summed E-state index contributed by atoms with van der Waals surface area (Å²) in [5, 5.41) is 9.68. The number of hydrogen-bond acceptors (Lipinski definition) is 4. The van der Waals surface area contributed by atoms with Crippen molar-refractivity contribution in [2.45, 2.75) is 58.5 Å². The Bertz CT molecular complexity index is 992. The van der Waals surface area contributed by atoms with Crippen molar-refractivity contribution in [3.05, 3.63) is 65.1 Å². The summed E-state index contributed by atoms with van der Waals surface area (Å²) in [5.74, 6) is -0.893. The predicted octanol–water partition coefficient (Wildman–Crippen LogP) is 5.01. The van der Waals surface area contributed by atoms with Crippen LogP contribution in [0, 0.1) is 12.7 Å². The van der Waals surface area contributed by atoms with Gasteiger partial charge in [0.2, 0.25) is 0 Å². The van der Waals surface area contributed by atoms with Gasteiger partial charge in [-0.1, -0.05) is 31.7 Å². The maximum atomic E-state index is 14.0. The summed E-state index contributed by atoms with van der Waals surface area (Å²) in [7, 11) is 2.10. The molecular formula is C26H34FN3O. The number of phenols is 1. The summed E-state index contributed by atoms with van der Waals surface area (Å²) in [6.45, 7) is 11.0. The van der Waals surface area contributed by atoms with Crippen LogP contribution in [0.1, 0.15) is 43.4 Å². The highest BCUT2D eigenvalue weighted by molar-refractivity contribution is 5.85. The molecule has 3 rings (SSSR count). The Morgan fingerprint density at radius 3 is 2.58 bits per heavy atom. The Hall–Kier alpha value is -2.50. The van der Waals surface area contributed by atoms with Crippen LogP contribution in [0.5, 0.6) is 5.75 Å². The smallest absolute Gasteiger partial charge is 0.165 e. The van der Waals surface area contributed by atoms with E-state index in [0.29, 0.717) is 12.1 Å². The first kappa shape index (κ1) is 23.2. The van der Waals surface area contributed by atoms with E-state index in [9.17, 15) is 9.50 Å². The average molecular weight is 424 g/mol. The molecule has 0 atom stereocenters. The van der Waals surface area contributed by atoms with Gasteiger partial charge in [0.1, 0.15) is 0 Å². The quantitative estimate of drug-likeness (QED) is 0.587. The van der Waals surface area contributed by atoms with Gasteiger partial charge in [-0.3, -0.25) is 9.89 Å². The number of hydrogen-bond donors (Lipinski definition) is 2. The Labute approximate surface area is 185 Å². The maximum absolute atomic E-state index is 14.0. The second-order valence-corrected chi connectivity index (χ2v) is 8.85. The molecule has 3 N–H and O–H groups in total. The summed E-state index contributed by atoms with van der Waals surface area (Å²) in [6, 6.07) is 9.99. The molecule has 0 bridgehead atoms. The lowest BCUT2D eigenvalue weighted by Gasteiger charge is -2.39. The second-order valence-electron chi connectivity index (χ2n) is 8.85. The van der Waals surface area contributed by atoms with E-state index in [1.807, 2.05) is 19.9 Å². The molecule has 0 amide bonds. The summed E-state index contributed by atoms with van der Waals surface area (Å²) in [5.41, 5.74) is 12.8. The normalized spacial score (nSPS) is 18.9. The zero-order chi connectivity index (χ0) is 22.7. The van der Waals surface area contributed by atoms with E-state index in [4.69, 9.17) is 10.7 Å². The number of nitrogens with two attached hydrogens (primary N) is 1. The van der Waals surface area contributed by atoms with Crippen LogP contribution in [-0.2, 0) is 12.8 Å². The molecule has 5 heteroatoms. The van der Waals surface area contributed by atoms with Crippen molar-refractivity contribution in [1.82, 2.24) is 4.90 Å². The first-order valence-corrected chi connectivity index (χ1v) is 11.0. The molecule has 2 aromatic rings. The van der Waals surface area contributed by atoms with Gasteiger partial charge in [-0.2, -0.15) is 0 Å². The number of aliphatic imine (C=N–C) groups is 1. The van der Waals surface area contributed by atoms with Crippen LogP contribution in [0.4, 0.5) is 4.39 Å². The Balaban J connectivity index is 1.69. The van der Waals surface area contributed by atoms with Crippen LogP contribution < -0.4 is 5.73 Å². The monoisotopic (exact) mass is 423 g/mol. The van der Waals surface area contributed by atoms with Crippen molar-refractivity contribution in [2.75, 3.05) is 13.6 Å². The van der Waals surface area contributed by atoms with Crippen molar-refractivity contribution in [2.24, 2.45) is 10.7 Å². The minimum atomic E-state index is -0.593. The van der Waals surface area contributed by atoms with E-state index < -0.39 is 5.82 Å². The predicted molar refractivity (Wildman–Crippen MR) is 127 cm³/mol. The van der Waals surface area contributed by atoms with Gasteiger partial charge in [0, 0.05) is 36.5 Å². The van der Waals surface area contributed by atoms with E-state index in [2.05, 4.69) is 37.6 Å². The molecule has 0 aromatic heterocycles. The molecule has 1 saturated carbocycles. The van der Waals surface area contributed by atoms with Crippen molar-refractivity contribution in [3.8, 4) is 16.9 Å². The molecule has 1 fully saturated rings. The van der Waals surface area contributed by atoms with Gasteiger partial charge in [-0.15, -0.1) is 0 Å². The summed E-state index contributed by atoms with van der Waals surface area (Å²) in [6.07, 6.45) is 3.55. The SMILES string of the molecule is C=C(CN(C)C1CC(N)C1)/N=C(\C)Cc1ccc(-c2cc(F)c(O)cc2CC)cc1C. The lowest BCUT2D eigenvalue weighted by Crippen LogP contribution is -2.49. The molecule has 1 aliphatic carbocycles. The highest BCUT2D eigenvalue weighted by Gasteiger charge is 2.29. The van der Waals surface area contributed by atoms with E-state index in [1.165, 1.54) is 17.7 Å². The minimum absolute atomic E-state index is 0.299. The Kier molecular flexibility index (Phi) is 7.29. The molecule has 0 unspecified atom stereocenters. The number of rotatable bonds is 8. The molecule has 31 heavy (non-hydrogen) atoms. The van der Waals surface area contributed by atoms with Crippen LogP contribution in [0.15, 0.2) is 47.6 Å². The number of likely N-dealkylation sites (N-methyl/N-ethyl adjacent to an activating group) is 1. The molecule has 0 spiro atoms. The van der Waals surface area contributed by atoms with E-state index in [0.717, 1.165) is 65.9 Å². The van der Waals surface area contributed by atoms with Crippen molar-refractivity contribution in [3.63, 3.8) is 0 Å². The largest absolute Gasteiger partial charge is 0.505 e. The van der Waals surface area contributed by atoms with Gasteiger partial charge < -0.3 is 10.8 Å². The maximum Gasteiger partial charge on any atom is 0.165 e. The second kappa shape index (κ2) is 9.75. The number of halogens is 1. The van der Waals surface area contributed by atoms with Gasteiger partial charge in [-0.25, -0.2) is 4.39 Å². The first-order chi connectivity index (χ1) is 14.7. The molecular weight excluding hydrogens is 389 g/mol. The van der Waals surface area contributed by atoms with Gasteiger partial charge >= 0.3 is 0 Å². The molecule has 166 valence electrons. The van der Waals surface area contributed by atoms with Crippen LogP contribution in [-0.4, -0.2) is 41.4 Å². The van der Waals surface area contributed by atoms with Crippen molar-refractivity contribution < 1.29 is 9.50 Å². The Morgan fingerprint density at radius 2 is 1.97 bits per heavy atom. The van der Waals surface area contributed by atoms with Crippen molar-refractivity contribution in [1.29, 1.82) is 0 Å². The van der Waals surface area contributed by atoms with Crippen LogP contribution >= 0.6 is 0 Å². The molecule has 0 heterocycles. The fourth-order valence-corrected chi connectivity index (χ4v) is 4.26. The van der Waals surface area contributed by atoms with E-state index in [-0.39, 0.29) is 5.75 Å². The van der Waals surface area contributed by atoms with Crippen LogP contribution in [0.3, 0.4) is 0 Å². The molecule has 2 aromatic carbocycles. The number of phenolic OH excluding ortho intramolecular Hbond substituents is 1. The molecule has 0 radical (unpaired) electrons. The van der Waals surface area contributed by atoms with E-state index >= 15 is 0 Å². The number of nitrogens with zero attached hydrogens (tertiary/aromatic N) is 2. The molecule has 4 nitrogen and oxygen atoms in total. The molecule has 0 aliphatic heterocycles. The fourth-order valence-electron chi connectivity index (χ4n) is 4.26. The Morgan fingerprint density at radius 1 is 1.26 bits per heavy atom.